The molecule has 2 aliphatic rings. The molecule has 6 rings (SSSR count). The first-order valence-electron chi connectivity index (χ1n) is 21.4. The quantitative estimate of drug-likeness (QED) is 0.0533. The molecule has 2 aromatic heterocycles. The standard InChI is InChI=1S/C48H66N6S2/c1-3-51-33-7-5-15-45(51)23-17-43-19-25-47(26-20-43)53-35-13-31-49(37-39-53)29-9-11-41-55-56-42-12-10-30-50-32-14-36-54(40-38-50)48-27-21-44(22-28-48)18-24-46-16-6-8-34-52(46)4-2/h5-8,15-28,33-34H,3-4,9-14,29-32,35-42H2,1-2H3/q+2. The second-order valence-corrected chi connectivity index (χ2v) is 17.8. The molecule has 4 heterocycles. The summed E-state index contributed by atoms with van der Waals surface area (Å²) in [5.74, 6) is 2.55. The summed E-state index contributed by atoms with van der Waals surface area (Å²) in [5, 5.41) is 0. The normalized spacial score (nSPS) is 16.2. The van der Waals surface area contributed by atoms with Crippen LogP contribution in [0.25, 0.3) is 24.3 Å². The van der Waals surface area contributed by atoms with E-state index in [2.05, 4.69) is 186 Å². The molecule has 0 N–H and O–H groups in total. The summed E-state index contributed by atoms with van der Waals surface area (Å²) in [6.45, 7) is 18.2. The average molecular weight is 791 g/mol. The summed E-state index contributed by atoms with van der Waals surface area (Å²) in [5.41, 5.74) is 7.70. The average Bonchev–Trinajstić information content (AvgIpc) is 3.64. The Balaban J connectivity index is 0.782. The van der Waals surface area contributed by atoms with E-state index in [4.69, 9.17) is 0 Å². The van der Waals surface area contributed by atoms with Gasteiger partial charge in [-0.2, -0.15) is 9.13 Å². The van der Waals surface area contributed by atoms with Crippen molar-refractivity contribution < 1.29 is 9.13 Å². The molecule has 0 aliphatic carbocycles. The zero-order valence-electron chi connectivity index (χ0n) is 34.2. The highest BCUT2D eigenvalue weighted by Crippen LogP contribution is 2.25. The van der Waals surface area contributed by atoms with E-state index in [0.29, 0.717) is 0 Å². The van der Waals surface area contributed by atoms with Crippen LogP contribution in [0, 0.1) is 0 Å². The number of benzene rings is 2. The fraction of sp³-hybridized carbons (Fsp3) is 0.458. The Bertz CT molecular complexity index is 1640. The number of pyridine rings is 2. The number of unbranched alkanes of at least 4 members (excludes halogenated alkanes) is 2. The highest BCUT2D eigenvalue weighted by molar-refractivity contribution is 8.76. The van der Waals surface area contributed by atoms with Crippen LogP contribution in [0.1, 0.15) is 74.9 Å². The summed E-state index contributed by atoms with van der Waals surface area (Å²) < 4.78 is 4.54. The van der Waals surface area contributed by atoms with Crippen molar-refractivity contribution in [3.8, 4) is 0 Å². The smallest absolute Gasteiger partial charge is 0.205 e. The van der Waals surface area contributed by atoms with Crippen molar-refractivity contribution in [2.45, 2.75) is 65.5 Å². The molecule has 0 bridgehead atoms. The van der Waals surface area contributed by atoms with E-state index in [-0.39, 0.29) is 0 Å². The van der Waals surface area contributed by atoms with Crippen molar-refractivity contribution in [1.82, 2.24) is 9.80 Å². The van der Waals surface area contributed by atoms with E-state index in [1.807, 2.05) is 0 Å². The Morgan fingerprint density at radius 3 is 1.36 bits per heavy atom. The first-order valence-corrected chi connectivity index (χ1v) is 23.9. The van der Waals surface area contributed by atoms with E-state index in [1.54, 1.807) is 0 Å². The second-order valence-electron chi connectivity index (χ2n) is 15.1. The highest BCUT2D eigenvalue weighted by atomic mass is 33.1. The molecular weight excluding hydrogens is 725 g/mol. The highest BCUT2D eigenvalue weighted by Gasteiger charge is 2.16. The third-order valence-corrected chi connectivity index (χ3v) is 13.8. The third kappa shape index (κ3) is 13.5. The molecule has 0 unspecified atom stereocenters. The molecule has 0 saturated carbocycles. The van der Waals surface area contributed by atoms with Crippen LogP contribution in [0.3, 0.4) is 0 Å². The molecule has 2 fully saturated rings. The van der Waals surface area contributed by atoms with E-state index >= 15 is 0 Å². The fourth-order valence-electron chi connectivity index (χ4n) is 7.83. The van der Waals surface area contributed by atoms with E-state index in [0.717, 1.165) is 39.3 Å². The SMILES string of the molecule is CC[n+]1ccccc1/C=C/c1ccc(N2CCCN(CCCCSSCCCCN3CCCN(c4ccc(/C=C/c5cccc[n+]5CC)cc4)CC3)CC2)cc1. The number of nitrogens with zero attached hydrogens (tertiary/aromatic N) is 6. The Kier molecular flexibility index (Phi) is 17.7. The minimum absolute atomic E-state index is 0.982. The van der Waals surface area contributed by atoms with Gasteiger partial charge in [0.15, 0.2) is 12.4 Å². The minimum atomic E-state index is 0.982. The van der Waals surface area contributed by atoms with Crippen LogP contribution in [0.5, 0.6) is 0 Å². The molecular formula is C48H66N6S2+2. The fourth-order valence-corrected chi connectivity index (χ4v) is 10.1. The molecule has 2 saturated heterocycles. The maximum atomic E-state index is 2.70. The maximum Gasteiger partial charge on any atom is 0.205 e. The topological polar surface area (TPSA) is 20.7 Å². The first-order chi connectivity index (χ1) is 27.7. The molecule has 56 heavy (non-hydrogen) atoms. The predicted molar refractivity (Wildman–Crippen MR) is 245 cm³/mol. The molecule has 8 heteroatoms. The Morgan fingerprint density at radius 1 is 0.482 bits per heavy atom. The molecule has 0 amide bonds. The molecule has 0 radical (unpaired) electrons. The van der Waals surface area contributed by atoms with Crippen LogP contribution >= 0.6 is 21.6 Å². The second kappa shape index (κ2) is 23.6. The lowest BCUT2D eigenvalue weighted by Crippen LogP contribution is -2.34. The van der Waals surface area contributed by atoms with E-state index in [9.17, 15) is 0 Å². The number of aryl methyl sites for hydroxylation is 2. The van der Waals surface area contributed by atoms with Crippen LogP contribution in [-0.2, 0) is 13.1 Å². The van der Waals surface area contributed by atoms with Crippen molar-refractivity contribution in [1.29, 1.82) is 0 Å². The van der Waals surface area contributed by atoms with Gasteiger partial charge < -0.3 is 19.6 Å². The van der Waals surface area contributed by atoms with Crippen LogP contribution in [-0.4, -0.2) is 86.8 Å². The van der Waals surface area contributed by atoms with Gasteiger partial charge in [-0.15, -0.1) is 0 Å². The summed E-state index contributed by atoms with van der Waals surface area (Å²) in [7, 11) is 4.19. The molecule has 4 aromatic rings. The number of rotatable bonds is 19. The summed E-state index contributed by atoms with van der Waals surface area (Å²) >= 11 is 0. The van der Waals surface area contributed by atoms with E-state index in [1.165, 1.54) is 123 Å². The van der Waals surface area contributed by atoms with Crippen LogP contribution in [0.2, 0.25) is 0 Å². The molecule has 0 spiro atoms. The third-order valence-electron chi connectivity index (χ3n) is 11.2. The van der Waals surface area contributed by atoms with Crippen LogP contribution in [0.4, 0.5) is 11.4 Å². The van der Waals surface area contributed by atoms with Gasteiger partial charge in [0.2, 0.25) is 11.4 Å². The zero-order valence-corrected chi connectivity index (χ0v) is 35.8. The van der Waals surface area contributed by atoms with Crippen molar-refractivity contribution in [3.63, 3.8) is 0 Å². The Morgan fingerprint density at radius 2 is 0.929 bits per heavy atom. The van der Waals surface area contributed by atoms with E-state index < -0.39 is 0 Å². The van der Waals surface area contributed by atoms with Gasteiger partial charge in [-0.1, -0.05) is 45.9 Å². The van der Waals surface area contributed by atoms with Gasteiger partial charge >= 0.3 is 0 Å². The van der Waals surface area contributed by atoms with Gasteiger partial charge in [0.25, 0.3) is 0 Å². The van der Waals surface area contributed by atoms with Gasteiger partial charge in [0, 0.05) is 98.6 Å². The van der Waals surface area contributed by atoms with Gasteiger partial charge in [-0.25, -0.2) is 0 Å². The monoisotopic (exact) mass is 790 g/mol. The number of hydrogen-bond acceptors (Lipinski definition) is 6. The van der Waals surface area contributed by atoms with Crippen molar-refractivity contribution >= 4 is 57.3 Å². The first kappa shape index (κ1) is 42.1. The van der Waals surface area contributed by atoms with Gasteiger partial charge in [0.05, 0.1) is 0 Å². The molecule has 2 aliphatic heterocycles. The van der Waals surface area contributed by atoms with Crippen molar-refractivity contribution in [2.24, 2.45) is 0 Å². The predicted octanol–water partition coefficient (Wildman–Crippen LogP) is 9.31. The maximum absolute atomic E-state index is 2.70. The van der Waals surface area contributed by atoms with Gasteiger partial charge in [0.1, 0.15) is 13.1 Å². The van der Waals surface area contributed by atoms with Crippen molar-refractivity contribution in [2.75, 3.05) is 86.8 Å². The summed E-state index contributed by atoms with van der Waals surface area (Å²) in [6, 6.07) is 31.0. The summed E-state index contributed by atoms with van der Waals surface area (Å²) in [4.78, 5) is 10.6. The number of aromatic nitrogens is 2. The van der Waals surface area contributed by atoms with Crippen LogP contribution in [0.15, 0.2) is 97.3 Å². The lowest BCUT2D eigenvalue weighted by molar-refractivity contribution is -0.695. The Labute approximate surface area is 346 Å². The Hall–Kier alpha value is -3.56. The molecule has 2 aromatic carbocycles. The lowest BCUT2D eigenvalue weighted by atomic mass is 10.1. The zero-order chi connectivity index (χ0) is 38.6. The van der Waals surface area contributed by atoms with Gasteiger partial charge in [-0.3, -0.25) is 0 Å². The van der Waals surface area contributed by atoms with Crippen LogP contribution < -0.4 is 18.9 Å². The van der Waals surface area contributed by atoms with Gasteiger partial charge in [-0.05, 0) is 138 Å². The summed E-state index contributed by atoms with van der Waals surface area (Å²) in [6.07, 6.45) is 20.9. The molecule has 6 nitrogen and oxygen atoms in total. The number of anilines is 2. The lowest BCUT2D eigenvalue weighted by Gasteiger charge is -2.24. The number of hydrogen-bond donors (Lipinski definition) is 0. The molecule has 0 atom stereocenters. The largest absolute Gasteiger partial charge is 0.370 e. The minimum Gasteiger partial charge on any atom is -0.370 e. The van der Waals surface area contributed by atoms with Crippen molar-refractivity contribution in [3.05, 3.63) is 120 Å². The molecule has 298 valence electrons.